The van der Waals surface area contributed by atoms with Crippen LogP contribution >= 0.6 is 0 Å². The summed E-state index contributed by atoms with van der Waals surface area (Å²) in [5.74, 6) is 0. The Labute approximate surface area is 112 Å². The second-order valence-electron chi connectivity index (χ2n) is 5.10. The van der Waals surface area contributed by atoms with E-state index in [0.717, 1.165) is 6.42 Å². The highest BCUT2D eigenvalue weighted by molar-refractivity contribution is 4.64. The van der Waals surface area contributed by atoms with E-state index < -0.39 is 6.10 Å². The Morgan fingerprint density at radius 2 is 1.89 bits per heavy atom. The van der Waals surface area contributed by atoms with Crippen molar-refractivity contribution in [2.75, 3.05) is 26.4 Å². The highest BCUT2D eigenvalue weighted by atomic mass is 16.5. The average Bonchev–Trinajstić information content (AvgIpc) is 2.33. The summed E-state index contributed by atoms with van der Waals surface area (Å²) in [6, 6.07) is 0.462. The third kappa shape index (κ3) is 12.3. The summed E-state index contributed by atoms with van der Waals surface area (Å²) >= 11 is 0. The topological polar surface area (TPSA) is 50.7 Å². The zero-order chi connectivity index (χ0) is 13.8. The van der Waals surface area contributed by atoms with Gasteiger partial charge in [-0.15, -0.1) is 0 Å². The summed E-state index contributed by atoms with van der Waals surface area (Å²) in [5.41, 5.74) is 0. The molecule has 18 heavy (non-hydrogen) atoms. The summed E-state index contributed by atoms with van der Waals surface area (Å²) in [7, 11) is 0. The largest absolute Gasteiger partial charge is 0.389 e. The molecule has 0 amide bonds. The lowest BCUT2D eigenvalue weighted by molar-refractivity contribution is -0.0104. The predicted molar refractivity (Wildman–Crippen MR) is 74.9 cm³/mol. The molecular formula is C14H31NO3. The molecule has 0 aromatic heterocycles. The van der Waals surface area contributed by atoms with Gasteiger partial charge < -0.3 is 19.9 Å². The normalized spacial score (nSPS) is 15.0. The molecule has 0 heterocycles. The van der Waals surface area contributed by atoms with Crippen molar-refractivity contribution < 1.29 is 14.6 Å². The molecule has 0 aromatic rings. The van der Waals surface area contributed by atoms with Gasteiger partial charge in [-0.05, 0) is 27.2 Å². The van der Waals surface area contributed by atoms with Gasteiger partial charge in [0.1, 0.15) is 0 Å². The van der Waals surface area contributed by atoms with E-state index in [1.807, 2.05) is 13.8 Å². The number of unbranched alkanes of at least 4 members (excludes halogenated alkanes) is 1. The molecule has 2 atom stereocenters. The highest BCUT2D eigenvalue weighted by Crippen LogP contribution is 1.99. The van der Waals surface area contributed by atoms with E-state index in [1.165, 1.54) is 12.8 Å². The minimum Gasteiger partial charge on any atom is -0.389 e. The molecule has 0 aliphatic heterocycles. The summed E-state index contributed by atoms with van der Waals surface area (Å²) < 4.78 is 10.7. The number of hydrogen-bond donors (Lipinski definition) is 2. The Hall–Kier alpha value is -0.160. The maximum absolute atomic E-state index is 9.70. The summed E-state index contributed by atoms with van der Waals surface area (Å²) in [6.07, 6.45) is 3.40. The predicted octanol–water partition coefficient (Wildman–Crippen LogP) is 1.96. The minimum absolute atomic E-state index is 0.236. The smallest absolute Gasteiger partial charge is 0.0897 e. The van der Waals surface area contributed by atoms with E-state index in [2.05, 4.69) is 19.2 Å². The van der Waals surface area contributed by atoms with Crippen LogP contribution in [-0.2, 0) is 9.47 Å². The van der Waals surface area contributed by atoms with E-state index in [4.69, 9.17) is 9.47 Å². The molecule has 0 aliphatic rings. The monoisotopic (exact) mass is 261 g/mol. The molecule has 0 bridgehead atoms. The standard InChI is InChI=1S/C14H31NO3/c1-5-6-7-13(4)15-10-14(16)11-17-8-9-18-12(2)3/h12-16H,5-11H2,1-4H3. The molecule has 4 nitrogen and oxygen atoms in total. The minimum atomic E-state index is -0.437. The van der Waals surface area contributed by atoms with Crippen molar-refractivity contribution in [1.29, 1.82) is 0 Å². The first-order valence-electron chi connectivity index (χ1n) is 7.17. The Kier molecular flexibility index (Phi) is 11.8. The van der Waals surface area contributed by atoms with E-state index in [0.29, 0.717) is 32.4 Å². The van der Waals surface area contributed by atoms with E-state index in [1.54, 1.807) is 0 Å². The quantitative estimate of drug-likeness (QED) is 0.527. The van der Waals surface area contributed by atoms with Crippen LogP contribution in [0.25, 0.3) is 0 Å². The number of nitrogens with one attached hydrogen (secondary N) is 1. The molecular weight excluding hydrogens is 230 g/mol. The molecule has 2 unspecified atom stereocenters. The van der Waals surface area contributed by atoms with Gasteiger partial charge in [-0.1, -0.05) is 19.8 Å². The number of aliphatic hydroxyl groups is 1. The summed E-state index contributed by atoms with van der Waals surface area (Å²) in [6.45, 7) is 10.4. The van der Waals surface area contributed by atoms with Crippen molar-refractivity contribution in [2.24, 2.45) is 0 Å². The molecule has 0 fully saturated rings. The fourth-order valence-corrected chi connectivity index (χ4v) is 1.57. The van der Waals surface area contributed by atoms with Gasteiger partial charge in [0.15, 0.2) is 0 Å². The lowest BCUT2D eigenvalue weighted by atomic mass is 10.1. The SMILES string of the molecule is CCCCC(C)NCC(O)COCCOC(C)C. The molecule has 0 rings (SSSR count). The Morgan fingerprint density at radius 1 is 1.17 bits per heavy atom. The maximum atomic E-state index is 9.70. The highest BCUT2D eigenvalue weighted by Gasteiger charge is 2.07. The summed E-state index contributed by atoms with van der Waals surface area (Å²) in [5, 5.41) is 13.0. The fourth-order valence-electron chi connectivity index (χ4n) is 1.57. The maximum Gasteiger partial charge on any atom is 0.0897 e. The van der Waals surface area contributed by atoms with Crippen molar-refractivity contribution in [2.45, 2.75) is 65.2 Å². The van der Waals surface area contributed by atoms with E-state index >= 15 is 0 Å². The lowest BCUT2D eigenvalue weighted by Crippen LogP contribution is -2.36. The van der Waals surface area contributed by atoms with Crippen LogP contribution in [0.15, 0.2) is 0 Å². The van der Waals surface area contributed by atoms with Crippen LogP contribution < -0.4 is 5.32 Å². The molecule has 110 valence electrons. The van der Waals surface area contributed by atoms with Crippen LogP contribution in [0.2, 0.25) is 0 Å². The number of rotatable bonds is 12. The van der Waals surface area contributed by atoms with Crippen molar-refractivity contribution in [3.63, 3.8) is 0 Å². The van der Waals surface area contributed by atoms with Crippen LogP contribution in [0.3, 0.4) is 0 Å². The van der Waals surface area contributed by atoms with Crippen LogP contribution in [-0.4, -0.2) is 49.7 Å². The molecule has 0 spiro atoms. The zero-order valence-corrected chi connectivity index (χ0v) is 12.4. The number of ether oxygens (including phenoxy) is 2. The number of hydrogen-bond acceptors (Lipinski definition) is 4. The third-order valence-electron chi connectivity index (χ3n) is 2.68. The molecule has 2 N–H and O–H groups in total. The fraction of sp³-hybridized carbons (Fsp3) is 1.00. The van der Waals surface area contributed by atoms with E-state index in [-0.39, 0.29) is 6.10 Å². The summed E-state index contributed by atoms with van der Waals surface area (Å²) in [4.78, 5) is 0. The van der Waals surface area contributed by atoms with Crippen molar-refractivity contribution in [1.82, 2.24) is 5.32 Å². The second-order valence-corrected chi connectivity index (χ2v) is 5.10. The molecule has 4 heteroatoms. The molecule has 0 saturated heterocycles. The molecule has 0 aliphatic carbocycles. The van der Waals surface area contributed by atoms with Crippen molar-refractivity contribution in [3.05, 3.63) is 0 Å². The first-order chi connectivity index (χ1) is 8.56. The first kappa shape index (κ1) is 17.8. The van der Waals surface area contributed by atoms with Gasteiger partial charge in [-0.2, -0.15) is 0 Å². The van der Waals surface area contributed by atoms with Gasteiger partial charge in [0.25, 0.3) is 0 Å². The van der Waals surface area contributed by atoms with Crippen molar-refractivity contribution >= 4 is 0 Å². The van der Waals surface area contributed by atoms with Crippen LogP contribution in [0.5, 0.6) is 0 Å². The number of aliphatic hydroxyl groups excluding tert-OH is 1. The molecule has 0 saturated carbocycles. The van der Waals surface area contributed by atoms with Crippen molar-refractivity contribution in [3.8, 4) is 0 Å². The van der Waals surface area contributed by atoms with Crippen LogP contribution in [0.4, 0.5) is 0 Å². The van der Waals surface area contributed by atoms with Gasteiger partial charge in [-0.3, -0.25) is 0 Å². The Balaban J connectivity index is 3.34. The lowest BCUT2D eigenvalue weighted by Gasteiger charge is -2.17. The van der Waals surface area contributed by atoms with Gasteiger partial charge in [0, 0.05) is 12.6 Å². The van der Waals surface area contributed by atoms with Gasteiger partial charge in [-0.25, -0.2) is 0 Å². The third-order valence-corrected chi connectivity index (χ3v) is 2.68. The van der Waals surface area contributed by atoms with Gasteiger partial charge in [0.05, 0.1) is 32.0 Å². The van der Waals surface area contributed by atoms with Gasteiger partial charge in [0.2, 0.25) is 0 Å². The first-order valence-corrected chi connectivity index (χ1v) is 7.17. The molecule has 0 aromatic carbocycles. The second kappa shape index (κ2) is 11.9. The van der Waals surface area contributed by atoms with Crippen LogP contribution in [0, 0.1) is 0 Å². The van der Waals surface area contributed by atoms with Crippen LogP contribution in [0.1, 0.15) is 47.0 Å². The zero-order valence-electron chi connectivity index (χ0n) is 12.4. The Bertz CT molecular complexity index is 176. The molecule has 0 radical (unpaired) electrons. The van der Waals surface area contributed by atoms with E-state index in [9.17, 15) is 5.11 Å². The van der Waals surface area contributed by atoms with Gasteiger partial charge >= 0.3 is 0 Å². The average molecular weight is 261 g/mol. The Morgan fingerprint density at radius 3 is 2.50 bits per heavy atom.